The van der Waals surface area contributed by atoms with Crippen LogP contribution in [0.4, 0.5) is 11.6 Å². The number of rotatable bonds is 5. The van der Waals surface area contributed by atoms with E-state index in [1.54, 1.807) is 25.4 Å². The highest BCUT2D eigenvalue weighted by molar-refractivity contribution is 7.89. The number of benzene rings is 2. The van der Waals surface area contributed by atoms with E-state index < -0.39 is 10.0 Å². The van der Waals surface area contributed by atoms with Gasteiger partial charge in [-0.3, -0.25) is 4.98 Å². The summed E-state index contributed by atoms with van der Waals surface area (Å²) in [7, 11) is -3.77. The van der Waals surface area contributed by atoms with Crippen LogP contribution in [0.15, 0.2) is 78.1 Å². The van der Waals surface area contributed by atoms with E-state index in [4.69, 9.17) is 16.7 Å². The number of nitrogens with zero attached hydrogens (tertiary/aromatic N) is 3. The fourth-order valence-corrected chi connectivity index (χ4v) is 3.89. The minimum Gasteiger partial charge on any atom is -0.324 e. The molecule has 0 radical (unpaired) electrons. The molecule has 0 saturated heterocycles. The van der Waals surface area contributed by atoms with Crippen molar-refractivity contribution >= 4 is 33.3 Å². The van der Waals surface area contributed by atoms with E-state index in [1.807, 2.05) is 36.4 Å². The van der Waals surface area contributed by atoms with Crippen LogP contribution in [0.2, 0.25) is 5.02 Å². The molecule has 0 spiro atoms. The standard InChI is InChI=1S/C22H18ClN5O2S/c1-14-11-18(31(24,29)30)5-6-20(14)27-22-26-13-19(23)21(28-22)17-4-2-3-16(12-17)15-7-9-25-10-8-15/h2-13H,1H3,(H2,24,29,30)(H,26,27,28). The Kier molecular flexibility index (Phi) is 5.69. The number of hydrogen-bond donors (Lipinski definition) is 2. The lowest BCUT2D eigenvalue weighted by Gasteiger charge is -2.12. The van der Waals surface area contributed by atoms with Gasteiger partial charge in [0.2, 0.25) is 16.0 Å². The first kappa shape index (κ1) is 20.9. The average Bonchev–Trinajstić information content (AvgIpc) is 2.76. The molecule has 0 bridgehead atoms. The molecule has 9 heteroatoms. The molecule has 0 aliphatic heterocycles. The van der Waals surface area contributed by atoms with E-state index in [-0.39, 0.29) is 4.90 Å². The predicted octanol–water partition coefficient (Wildman–Crippen LogP) is 4.56. The molecule has 0 aliphatic carbocycles. The molecule has 2 aromatic carbocycles. The molecule has 4 rings (SSSR count). The Labute approximate surface area is 185 Å². The topological polar surface area (TPSA) is 111 Å². The number of pyridine rings is 1. The molecule has 31 heavy (non-hydrogen) atoms. The number of hydrogen-bond acceptors (Lipinski definition) is 6. The second kappa shape index (κ2) is 8.43. The monoisotopic (exact) mass is 451 g/mol. The smallest absolute Gasteiger partial charge is 0.238 e. The van der Waals surface area contributed by atoms with Crippen molar-refractivity contribution < 1.29 is 8.42 Å². The zero-order chi connectivity index (χ0) is 22.0. The molecule has 2 heterocycles. The second-order valence-electron chi connectivity index (χ2n) is 6.85. The van der Waals surface area contributed by atoms with E-state index in [0.29, 0.717) is 27.9 Å². The van der Waals surface area contributed by atoms with Crippen LogP contribution in [0.25, 0.3) is 22.4 Å². The van der Waals surface area contributed by atoms with E-state index in [0.717, 1.165) is 16.7 Å². The third kappa shape index (κ3) is 4.72. The van der Waals surface area contributed by atoms with Gasteiger partial charge in [-0.25, -0.2) is 23.5 Å². The molecule has 0 fully saturated rings. The quantitative estimate of drug-likeness (QED) is 0.460. The lowest BCUT2D eigenvalue weighted by molar-refractivity contribution is 0.597. The highest BCUT2D eigenvalue weighted by Crippen LogP contribution is 2.31. The fraction of sp³-hybridized carbons (Fsp3) is 0.0455. The van der Waals surface area contributed by atoms with Crippen LogP contribution in [0, 0.1) is 6.92 Å². The maximum atomic E-state index is 11.5. The summed E-state index contributed by atoms with van der Waals surface area (Å²) in [6.45, 7) is 1.77. The van der Waals surface area contributed by atoms with Gasteiger partial charge in [-0.1, -0.05) is 29.8 Å². The molecule has 156 valence electrons. The second-order valence-corrected chi connectivity index (χ2v) is 8.82. The summed E-state index contributed by atoms with van der Waals surface area (Å²) in [6, 6.07) is 16.3. The van der Waals surface area contributed by atoms with Crippen molar-refractivity contribution in [2.45, 2.75) is 11.8 Å². The van der Waals surface area contributed by atoms with Gasteiger partial charge in [0.25, 0.3) is 0 Å². The van der Waals surface area contributed by atoms with Crippen molar-refractivity contribution in [1.82, 2.24) is 15.0 Å². The third-order valence-electron chi connectivity index (χ3n) is 4.67. The van der Waals surface area contributed by atoms with Gasteiger partial charge in [0.05, 0.1) is 21.8 Å². The highest BCUT2D eigenvalue weighted by atomic mass is 35.5. The lowest BCUT2D eigenvalue weighted by atomic mass is 10.0. The predicted molar refractivity (Wildman–Crippen MR) is 122 cm³/mol. The maximum Gasteiger partial charge on any atom is 0.238 e. The number of aryl methyl sites for hydroxylation is 1. The minimum atomic E-state index is -3.77. The summed E-state index contributed by atoms with van der Waals surface area (Å²) in [5.41, 5.74) is 4.81. The summed E-state index contributed by atoms with van der Waals surface area (Å²) in [5, 5.41) is 8.72. The number of primary sulfonamides is 1. The van der Waals surface area contributed by atoms with Gasteiger partial charge >= 0.3 is 0 Å². The maximum absolute atomic E-state index is 11.5. The average molecular weight is 452 g/mol. The Balaban J connectivity index is 1.67. The van der Waals surface area contributed by atoms with Gasteiger partial charge in [0.15, 0.2) is 0 Å². The molecule has 4 aromatic rings. The lowest BCUT2D eigenvalue weighted by Crippen LogP contribution is -2.12. The first-order chi connectivity index (χ1) is 14.8. The van der Waals surface area contributed by atoms with Crippen molar-refractivity contribution in [2.24, 2.45) is 5.14 Å². The molecular formula is C22H18ClN5O2S. The van der Waals surface area contributed by atoms with Gasteiger partial charge in [0.1, 0.15) is 0 Å². The van der Waals surface area contributed by atoms with Gasteiger partial charge in [0, 0.05) is 23.6 Å². The number of aromatic nitrogens is 3. The summed E-state index contributed by atoms with van der Waals surface area (Å²) in [4.78, 5) is 12.9. The Morgan fingerprint density at radius 3 is 2.42 bits per heavy atom. The summed E-state index contributed by atoms with van der Waals surface area (Å²) < 4.78 is 23.1. The Morgan fingerprint density at radius 1 is 0.968 bits per heavy atom. The molecule has 0 aliphatic rings. The van der Waals surface area contributed by atoms with Crippen molar-refractivity contribution in [3.8, 4) is 22.4 Å². The Hall–Kier alpha value is -3.33. The van der Waals surface area contributed by atoms with Gasteiger partial charge in [-0.2, -0.15) is 0 Å². The van der Waals surface area contributed by atoms with Gasteiger partial charge in [-0.15, -0.1) is 0 Å². The van der Waals surface area contributed by atoms with Gasteiger partial charge < -0.3 is 5.32 Å². The Morgan fingerprint density at radius 2 is 1.71 bits per heavy atom. The summed E-state index contributed by atoms with van der Waals surface area (Å²) in [6.07, 6.45) is 5.01. The zero-order valence-electron chi connectivity index (χ0n) is 16.4. The van der Waals surface area contributed by atoms with Crippen molar-refractivity contribution in [3.63, 3.8) is 0 Å². The SMILES string of the molecule is Cc1cc(S(N)(=O)=O)ccc1Nc1ncc(Cl)c(-c2cccc(-c3ccncc3)c2)n1. The van der Waals surface area contributed by atoms with Crippen LogP contribution in [-0.4, -0.2) is 23.4 Å². The summed E-state index contributed by atoms with van der Waals surface area (Å²) in [5.74, 6) is 0.333. The molecule has 7 nitrogen and oxygen atoms in total. The van der Waals surface area contributed by atoms with Crippen LogP contribution in [0.1, 0.15) is 5.56 Å². The number of sulfonamides is 1. The molecule has 3 N–H and O–H groups in total. The number of halogens is 1. The van der Waals surface area contributed by atoms with E-state index in [9.17, 15) is 8.42 Å². The van der Waals surface area contributed by atoms with Gasteiger partial charge in [-0.05, 0) is 60.0 Å². The summed E-state index contributed by atoms with van der Waals surface area (Å²) >= 11 is 6.39. The van der Waals surface area contributed by atoms with Crippen LogP contribution >= 0.6 is 11.6 Å². The first-order valence-corrected chi connectivity index (χ1v) is 11.2. The number of nitrogens with two attached hydrogens (primary N) is 1. The molecule has 0 unspecified atom stereocenters. The normalized spacial score (nSPS) is 11.3. The molecule has 0 amide bonds. The number of anilines is 2. The largest absolute Gasteiger partial charge is 0.324 e. The van der Waals surface area contributed by atoms with Crippen LogP contribution in [0.5, 0.6) is 0 Å². The van der Waals surface area contributed by atoms with E-state index >= 15 is 0 Å². The van der Waals surface area contributed by atoms with E-state index in [1.165, 1.54) is 18.3 Å². The molecule has 2 aromatic heterocycles. The van der Waals surface area contributed by atoms with Crippen LogP contribution in [0.3, 0.4) is 0 Å². The van der Waals surface area contributed by atoms with E-state index in [2.05, 4.69) is 20.3 Å². The van der Waals surface area contributed by atoms with Crippen molar-refractivity contribution in [2.75, 3.05) is 5.32 Å². The van der Waals surface area contributed by atoms with Crippen LogP contribution in [-0.2, 0) is 10.0 Å². The fourth-order valence-electron chi connectivity index (χ4n) is 3.09. The van der Waals surface area contributed by atoms with Crippen molar-refractivity contribution in [1.29, 1.82) is 0 Å². The Bertz CT molecular complexity index is 1360. The molecular weight excluding hydrogens is 434 g/mol. The highest BCUT2D eigenvalue weighted by Gasteiger charge is 2.13. The third-order valence-corrected chi connectivity index (χ3v) is 5.85. The number of nitrogens with one attached hydrogen (secondary N) is 1. The zero-order valence-corrected chi connectivity index (χ0v) is 18.0. The van der Waals surface area contributed by atoms with Crippen LogP contribution < -0.4 is 10.5 Å². The molecule has 0 atom stereocenters. The molecule has 0 saturated carbocycles. The minimum absolute atomic E-state index is 0.0428. The van der Waals surface area contributed by atoms with Crippen molar-refractivity contribution in [3.05, 3.63) is 83.8 Å². The first-order valence-electron chi connectivity index (χ1n) is 9.25.